The number of rotatable bonds is 10. The summed E-state index contributed by atoms with van der Waals surface area (Å²) in [5.74, 6) is 0. The van der Waals surface area contributed by atoms with Crippen molar-refractivity contribution in [1.82, 2.24) is 0 Å². The zero-order valence-electron chi connectivity index (χ0n) is 12.5. The van der Waals surface area contributed by atoms with Crippen molar-refractivity contribution in [1.29, 1.82) is 0 Å². The van der Waals surface area contributed by atoms with Gasteiger partial charge in [-0.25, -0.2) is 0 Å². The third-order valence-corrected chi connectivity index (χ3v) is 3.67. The molecule has 0 fully saturated rings. The van der Waals surface area contributed by atoms with Crippen LogP contribution < -0.4 is 0 Å². The lowest BCUT2D eigenvalue weighted by molar-refractivity contribution is 0.589. The monoisotopic (exact) mass is 256 g/mol. The number of benzene rings is 1. The first-order valence-electron chi connectivity index (χ1n) is 7.69. The highest BCUT2D eigenvalue weighted by atomic mass is 14.1. The van der Waals surface area contributed by atoms with Crippen LogP contribution in [0, 0.1) is 0 Å². The molecule has 0 aromatic heterocycles. The van der Waals surface area contributed by atoms with Gasteiger partial charge in [-0.1, -0.05) is 89.0 Å². The molecule has 0 unspecified atom stereocenters. The predicted octanol–water partition coefficient (Wildman–Crippen LogP) is 6.27. The molecular weight excluding hydrogens is 228 g/mol. The summed E-state index contributed by atoms with van der Waals surface area (Å²) >= 11 is 0. The van der Waals surface area contributed by atoms with E-state index < -0.39 is 0 Å². The first-order valence-corrected chi connectivity index (χ1v) is 7.69. The molecule has 0 heterocycles. The summed E-state index contributed by atoms with van der Waals surface area (Å²) in [5.41, 5.74) is 3.90. The fourth-order valence-corrected chi connectivity index (χ4v) is 2.44. The molecule has 0 saturated heterocycles. The SMILES string of the molecule is C=Cc1ccc(C=C)c(CCCCCCCCC)c1. The molecule has 1 aromatic carbocycles. The molecule has 104 valence electrons. The molecule has 0 spiro atoms. The van der Waals surface area contributed by atoms with E-state index in [0.29, 0.717) is 0 Å². The van der Waals surface area contributed by atoms with E-state index in [2.05, 4.69) is 38.3 Å². The molecule has 0 aliphatic carbocycles. The van der Waals surface area contributed by atoms with Crippen LogP contribution in [0.1, 0.15) is 68.6 Å². The molecule has 0 radical (unpaired) electrons. The molecule has 0 N–H and O–H groups in total. The average molecular weight is 256 g/mol. The summed E-state index contributed by atoms with van der Waals surface area (Å²) in [6.45, 7) is 10.0. The van der Waals surface area contributed by atoms with E-state index in [4.69, 9.17) is 0 Å². The lowest BCUT2D eigenvalue weighted by Gasteiger charge is -2.08. The van der Waals surface area contributed by atoms with Gasteiger partial charge in [0.2, 0.25) is 0 Å². The van der Waals surface area contributed by atoms with Crippen molar-refractivity contribution in [2.75, 3.05) is 0 Å². The summed E-state index contributed by atoms with van der Waals surface area (Å²) in [5, 5.41) is 0. The molecule has 0 saturated carbocycles. The van der Waals surface area contributed by atoms with Gasteiger partial charge in [0.15, 0.2) is 0 Å². The second-order valence-corrected chi connectivity index (χ2v) is 5.24. The highest BCUT2D eigenvalue weighted by Gasteiger charge is 2.00. The van der Waals surface area contributed by atoms with Gasteiger partial charge in [-0.3, -0.25) is 0 Å². The molecule has 19 heavy (non-hydrogen) atoms. The Balaban J connectivity index is 2.35. The van der Waals surface area contributed by atoms with Crippen LogP contribution in [-0.4, -0.2) is 0 Å². The van der Waals surface area contributed by atoms with Crippen LogP contribution in [0.25, 0.3) is 12.2 Å². The van der Waals surface area contributed by atoms with Gasteiger partial charge in [0.05, 0.1) is 0 Å². The van der Waals surface area contributed by atoms with Crippen molar-refractivity contribution in [3.8, 4) is 0 Å². The van der Waals surface area contributed by atoms with Crippen molar-refractivity contribution >= 4 is 12.2 Å². The van der Waals surface area contributed by atoms with E-state index in [-0.39, 0.29) is 0 Å². The van der Waals surface area contributed by atoms with Crippen molar-refractivity contribution in [3.63, 3.8) is 0 Å². The normalized spacial score (nSPS) is 10.4. The highest BCUT2D eigenvalue weighted by Crippen LogP contribution is 2.18. The van der Waals surface area contributed by atoms with Crippen molar-refractivity contribution in [2.45, 2.75) is 58.3 Å². The maximum atomic E-state index is 3.90. The smallest absolute Gasteiger partial charge is 0.0230 e. The minimum Gasteiger partial charge on any atom is -0.0985 e. The van der Waals surface area contributed by atoms with Crippen molar-refractivity contribution in [3.05, 3.63) is 48.0 Å². The number of hydrogen-bond donors (Lipinski definition) is 0. The maximum absolute atomic E-state index is 3.90. The second kappa shape index (κ2) is 9.61. The van der Waals surface area contributed by atoms with Crippen LogP contribution in [0.15, 0.2) is 31.4 Å². The Morgan fingerprint density at radius 1 is 0.895 bits per heavy atom. The van der Waals surface area contributed by atoms with Gasteiger partial charge in [0, 0.05) is 0 Å². The van der Waals surface area contributed by atoms with E-state index in [1.807, 2.05) is 12.2 Å². The maximum Gasteiger partial charge on any atom is -0.0230 e. The third-order valence-electron chi connectivity index (χ3n) is 3.67. The van der Waals surface area contributed by atoms with Crippen molar-refractivity contribution < 1.29 is 0 Å². The zero-order valence-corrected chi connectivity index (χ0v) is 12.5. The number of hydrogen-bond acceptors (Lipinski definition) is 0. The summed E-state index contributed by atoms with van der Waals surface area (Å²) in [7, 11) is 0. The first kappa shape index (κ1) is 15.8. The zero-order chi connectivity index (χ0) is 13.9. The van der Waals surface area contributed by atoms with Gasteiger partial charge >= 0.3 is 0 Å². The molecule has 0 atom stereocenters. The van der Waals surface area contributed by atoms with E-state index in [1.54, 1.807) is 0 Å². The fourth-order valence-electron chi connectivity index (χ4n) is 2.44. The predicted molar refractivity (Wildman–Crippen MR) is 88.3 cm³/mol. The Morgan fingerprint density at radius 3 is 2.21 bits per heavy atom. The van der Waals surface area contributed by atoms with Gasteiger partial charge in [-0.2, -0.15) is 0 Å². The highest BCUT2D eigenvalue weighted by molar-refractivity contribution is 5.58. The molecule has 1 rings (SSSR count). The lowest BCUT2D eigenvalue weighted by atomic mass is 9.98. The van der Waals surface area contributed by atoms with Crippen molar-refractivity contribution in [2.24, 2.45) is 0 Å². The molecule has 0 aliphatic heterocycles. The van der Waals surface area contributed by atoms with Gasteiger partial charge in [-0.15, -0.1) is 0 Å². The molecule has 1 aromatic rings. The largest absolute Gasteiger partial charge is 0.0985 e. The quantitative estimate of drug-likeness (QED) is 0.433. The third kappa shape index (κ3) is 5.92. The van der Waals surface area contributed by atoms with Gasteiger partial charge in [0.25, 0.3) is 0 Å². The standard InChI is InChI=1S/C19H28/c1-4-7-8-9-10-11-12-13-19-16-17(5-2)14-15-18(19)6-3/h5-6,14-16H,2-4,7-13H2,1H3. The molecule has 0 nitrogen and oxygen atoms in total. The van der Waals surface area contributed by atoms with Crippen LogP contribution in [0.3, 0.4) is 0 Å². The Bertz CT molecular complexity index is 387. The minimum absolute atomic E-state index is 1.16. The van der Waals surface area contributed by atoms with Crippen LogP contribution >= 0.6 is 0 Å². The van der Waals surface area contributed by atoms with Crippen LogP contribution in [0.4, 0.5) is 0 Å². The van der Waals surface area contributed by atoms with Crippen LogP contribution in [0.5, 0.6) is 0 Å². The van der Waals surface area contributed by atoms with Gasteiger partial charge in [-0.05, 0) is 29.5 Å². The molecule has 0 amide bonds. The van der Waals surface area contributed by atoms with E-state index in [1.165, 1.54) is 61.6 Å². The molecule has 0 aliphatic rings. The number of unbranched alkanes of at least 4 members (excludes halogenated alkanes) is 6. The van der Waals surface area contributed by atoms with Crippen LogP contribution in [-0.2, 0) is 6.42 Å². The second-order valence-electron chi connectivity index (χ2n) is 5.24. The van der Waals surface area contributed by atoms with Gasteiger partial charge < -0.3 is 0 Å². The molecule has 0 heteroatoms. The van der Waals surface area contributed by atoms with E-state index >= 15 is 0 Å². The molecule has 0 bridgehead atoms. The Morgan fingerprint density at radius 2 is 1.58 bits per heavy atom. The minimum atomic E-state index is 1.16. The van der Waals surface area contributed by atoms with Gasteiger partial charge in [0.1, 0.15) is 0 Å². The Hall–Kier alpha value is -1.30. The Labute approximate surface area is 119 Å². The van der Waals surface area contributed by atoms with E-state index in [9.17, 15) is 0 Å². The van der Waals surface area contributed by atoms with E-state index in [0.717, 1.165) is 6.42 Å². The average Bonchev–Trinajstić information content (AvgIpc) is 2.46. The molecular formula is C19H28. The summed E-state index contributed by atoms with van der Waals surface area (Å²) in [6.07, 6.45) is 14.6. The topological polar surface area (TPSA) is 0 Å². The summed E-state index contributed by atoms with van der Waals surface area (Å²) < 4.78 is 0. The Kier molecular flexibility index (Phi) is 7.97. The first-order chi connectivity index (χ1) is 9.31. The fraction of sp³-hybridized carbons (Fsp3) is 0.474. The number of aryl methyl sites for hydroxylation is 1. The summed E-state index contributed by atoms with van der Waals surface area (Å²) in [4.78, 5) is 0. The lowest BCUT2D eigenvalue weighted by Crippen LogP contribution is -1.91. The van der Waals surface area contributed by atoms with Crippen LogP contribution in [0.2, 0.25) is 0 Å². The summed E-state index contributed by atoms with van der Waals surface area (Å²) in [6, 6.07) is 6.51.